The quantitative estimate of drug-likeness (QED) is 0.358. The van der Waals surface area contributed by atoms with Crippen LogP contribution in [0.15, 0.2) is 71.5 Å². The number of hydrogen-bond acceptors (Lipinski definition) is 7. The Hall–Kier alpha value is -3.58. The van der Waals surface area contributed by atoms with Crippen LogP contribution in [0.4, 0.5) is 0 Å². The van der Waals surface area contributed by atoms with Crippen molar-refractivity contribution in [2.75, 3.05) is 6.54 Å². The monoisotopic (exact) mass is 481 g/mol. The van der Waals surface area contributed by atoms with Crippen LogP contribution < -0.4 is 10.1 Å². The highest BCUT2D eigenvalue weighted by Crippen LogP contribution is 2.45. The number of nitrogens with zero attached hydrogens (tertiary/aromatic N) is 4. The Kier molecular flexibility index (Phi) is 6.47. The molecule has 2 aromatic heterocycles. The SMILES string of the molecule is c1cnc(COc2ccc(C3(c4ccc(-c5noc([C@H]6CCCN6)n5)cc4)CCCCC3)cc2)nc1. The molecule has 2 aliphatic rings. The summed E-state index contributed by atoms with van der Waals surface area (Å²) in [5.41, 5.74) is 3.68. The number of nitrogens with one attached hydrogen (secondary N) is 1. The topological polar surface area (TPSA) is 86.0 Å². The molecular formula is C29H31N5O2. The van der Waals surface area contributed by atoms with Crippen molar-refractivity contribution in [2.45, 2.75) is 63.0 Å². The molecule has 2 aromatic carbocycles. The normalized spacial score (nSPS) is 19.3. The van der Waals surface area contributed by atoms with Crippen molar-refractivity contribution in [3.8, 4) is 17.1 Å². The van der Waals surface area contributed by atoms with E-state index in [-0.39, 0.29) is 11.5 Å². The van der Waals surface area contributed by atoms with Gasteiger partial charge in [-0.15, -0.1) is 0 Å². The van der Waals surface area contributed by atoms with Gasteiger partial charge in [0.15, 0.2) is 5.82 Å². The van der Waals surface area contributed by atoms with E-state index in [1.165, 1.54) is 30.4 Å². The third-order valence-electron chi connectivity index (χ3n) is 7.60. The Morgan fingerprint density at radius 1 is 0.889 bits per heavy atom. The van der Waals surface area contributed by atoms with Gasteiger partial charge in [-0.1, -0.05) is 60.8 Å². The first-order chi connectivity index (χ1) is 17.8. The Labute approximate surface area is 211 Å². The number of aromatic nitrogens is 4. The molecule has 7 heteroatoms. The fraction of sp³-hybridized carbons (Fsp3) is 0.379. The summed E-state index contributed by atoms with van der Waals surface area (Å²) in [6.45, 7) is 1.37. The van der Waals surface area contributed by atoms with Gasteiger partial charge >= 0.3 is 0 Å². The second-order valence-electron chi connectivity index (χ2n) is 9.80. The molecule has 1 aliphatic carbocycles. The molecule has 6 rings (SSSR count). The van der Waals surface area contributed by atoms with Crippen LogP contribution in [0.1, 0.15) is 73.8 Å². The minimum atomic E-state index is 0.00797. The zero-order chi connectivity index (χ0) is 24.2. The maximum absolute atomic E-state index is 5.92. The number of rotatable bonds is 7. The van der Waals surface area contributed by atoms with Crippen molar-refractivity contribution in [3.63, 3.8) is 0 Å². The van der Waals surface area contributed by atoms with Gasteiger partial charge in [0.25, 0.3) is 0 Å². The molecule has 2 fully saturated rings. The molecule has 0 spiro atoms. The average molecular weight is 482 g/mol. The number of benzene rings is 2. The fourth-order valence-electron chi connectivity index (χ4n) is 5.65. The minimum Gasteiger partial charge on any atom is -0.486 e. The number of ether oxygens (including phenoxy) is 1. The van der Waals surface area contributed by atoms with E-state index >= 15 is 0 Å². The van der Waals surface area contributed by atoms with Crippen molar-refractivity contribution in [3.05, 3.63) is 89.8 Å². The van der Waals surface area contributed by atoms with Crippen LogP contribution in [0.3, 0.4) is 0 Å². The smallest absolute Gasteiger partial charge is 0.244 e. The Bertz CT molecular complexity index is 1260. The maximum atomic E-state index is 5.92. The van der Waals surface area contributed by atoms with Gasteiger partial charge in [0.1, 0.15) is 12.4 Å². The van der Waals surface area contributed by atoms with E-state index < -0.39 is 0 Å². The third-order valence-corrected chi connectivity index (χ3v) is 7.60. The van der Waals surface area contributed by atoms with Gasteiger partial charge in [0, 0.05) is 23.4 Å². The first kappa shape index (κ1) is 22.9. The van der Waals surface area contributed by atoms with Crippen molar-refractivity contribution < 1.29 is 9.26 Å². The van der Waals surface area contributed by atoms with Crippen LogP contribution in [0, 0.1) is 0 Å². The highest BCUT2D eigenvalue weighted by molar-refractivity contribution is 5.56. The summed E-state index contributed by atoms with van der Waals surface area (Å²) < 4.78 is 11.5. The third kappa shape index (κ3) is 4.63. The van der Waals surface area contributed by atoms with Crippen LogP contribution in [0.2, 0.25) is 0 Å². The van der Waals surface area contributed by atoms with Gasteiger partial charge in [-0.25, -0.2) is 9.97 Å². The van der Waals surface area contributed by atoms with Gasteiger partial charge in [0.05, 0.1) is 6.04 Å². The van der Waals surface area contributed by atoms with Crippen LogP contribution in [0.5, 0.6) is 5.75 Å². The highest BCUT2D eigenvalue weighted by Gasteiger charge is 2.35. The van der Waals surface area contributed by atoms with E-state index in [0.29, 0.717) is 24.1 Å². The zero-order valence-corrected chi connectivity index (χ0v) is 20.4. The second kappa shape index (κ2) is 10.2. The highest BCUT2D eigenvalue weighted by atomic mass is 16.5. The van der Waals surface area contributed by atoms with Gasteiger partial charge < -0.3 is 14.6 Å². The summed E-state index contributed by atoms with van der Waals surface area (Å²) in [5, 5.41) is 7.67. The summed E-state index contributed by atoms with van der Waals surface area (Å²) in [7, 11) is 0. The molecule has 0 amide bonds. The van der Waals surface area contributed by atoms with Crippen molar-refractivity contribution in [1.29, 1.82) is 0 Å². The molecule has 0 unspecified atom stereocenters. The van der Waals surface area contributed by atoms with E-state index in [1.807, 2.05) is 6.07 Å². The molecule has 1 saturated heterocycles. The Morgan fingerprint density at radius 2 is 1.61 bits per heavy atom. The lowest BCUT2D eigenvalue weighted by atomic mass is 9.65. The van der Waals surface area contributed by atoms with E-state index in [9.17, 15) is 0 Å². The van der Waals surface area contributed by atoms with Gasteiger partial charge in [-0.2, -0.15) is 4.98 Å². The molecule has 36 heavy (non-hydrogen) atoms. The molecular weight excluding hydrogens is 450 g/mol. The lowest BCUT2D eigenvalue weighted by Crippen LogP contribution is -2.30. The van der Waals surface area contributed by atoms with Gasteiger partial charge in [-0.05, 0) is 61.6 Å². The lowest BCUT2D eigenvalue weighted by Gasteiger charge is -2.38. The predicted octanol–water partition coefficient (Wildman–Crippen LogP) is 5.78. The second-order valence-corrected chi connectivity index (χ2v) is 9.80. The molecule has 1 aliphatic heterocycles. The summed E-state index contributed by atoms with van der Waals surface area (Å²) in [6.07, 6.45) is 11.7. The van der Waals surface area contributed by atoms with E-state index in [0.717, 1.165) is 43.5 Å². The predicted molar refractivity (Wildman–Crippen MR) is 136 cm³/mol. The van der Waals surface area contributed by atoms with Crippen molar-refractivity contribution >= 4 is 0 Å². The Morgan fingerprint density at radius 3 is 2.31 bits per heavy atom. The van der Waals surface area contributed by atoms with Crippen molar-refractivity contribution in [1.82, 2.24) is 25.4 Å². The minimum absolute atomic E-state index is 0.00797. The molecule has 1 saturated carbocycles. The van der Waals surface area contributed by atoms with Crippen LogP contribution in [-0.4, -0.2) is 26.7 Å². The number of hydrogen-bond donors (Lipinski definition) is 1. The average Bonchev–Trinajstić information content (AvgIpc) is 3.66. The molecule has 0 bridgehead atoms. The van der Waals surface area contributed by atoms with Gasteiger partial charge in [-0.3, -0.25) is 0 Å². The van der Waals surface area contributed by atoms with Crippen LogP contribution >= 0.6 is 0 Å². The zero-order valence-electron chi connectivity index (χ0n) is 20.4. The largest absolute Gasteiger partial charge is 0.486 e. The summed E-state index contributed by atoms with van der Waals surface area (Å²) >= 11 is 0. The lowest BCUT2D eigenvalue weighted by molar-refractivity contribution is 0.295. The summed E-state index contributed by atoms with van der Waals surface area (Å²) in [6, 6.07) is 19.4. The van der Waals surface area contributed by atoms with Gasteiger partial charge in [0.2, 0.25) is 11.7 Å². The summed E-state index contributed by atoms with van der Waals surface area (Å²) in [5.74, 6) is 2.86. The van der Waals surface area contributed by atoms with E-state index in [1.54, 1.807) is 12.4 Å². The first-order valence-electron chi connectivity index (χ1n) is 13.0. The van der Waals surface area contributed by atoms with E-state index in [2.05, 4.69) is 74.0 Å². The summed E-state index contributed by atoms with van der Waals surface area (Å²) in [4.78, 5) is 13.1. The van der Waals surface area contributed by atoms with Crippen molar-refractivity contribution in [2.24, 2.45) is 0 Å². The standard InChI is InChI=1S/C29H31N5O2/c1-2-15-29(16-3-1,23-11-13-24(14-12-23)35-20-26-31-18-5-19-32-26)22-9-7-21(8-10-22)27-33-28(36-34-27)25-6-4-17-30-25/h5,7-14,18-19,25,30H,1-4,6,15-17,20H2/t25-/m1/s1. The maximum Gasteiger partial charge on any atom is 0.244 e. The molecule has 7 nitrogen and oxygen atoms in total. The fourth-order valence-corrected chi connectivity index (χ4v) is 5.65. The van der Waals surface area contributed by atoms with Crippen LogP contribution in [0.25, 0.3) is 11.4 Å². The molecule has 1 N–H and O–H groups in total. The molecule has 3 heterocycles. The first-order valence-corrected chi connectivity index (χ1v) is 13.0. The molecule has 184 valence electrons. The Balaban J connectivity index is 1.22. The molecule has 4 aromatic rings. The molecule has 1 atom stereocenters. The van der Waals surface area contributed by atoms with Crippen LogP contribution in [-0.2, 0) is 12.0 Å². The van der Waals surface area contributed by atoms with E-state index in [4.69, 9.17) is 9.26 Å². The molecule has 0 radical (unpaired) electrons.